The molecule has 0 heterocycles. The van der Waals surface area contributed by atoms with E-state index in [2.05, 4.69) is 0 Å². The van der Waals surface area contributed by atoms with Gasteiger partial charge < -0.3 is 15.2 Å². The average molecular weight is 272 g/mol. The van der Waals surface area contributed by atoms with Gasteiger partial charge in [0, 0.05) is 6.04 Å². The summed E-state index contributed by atoms with van der Waals surface area (Å²) in [6, 6.07) is 5.58. The van der Waals surface area contributed by atoms with Gasteiger partial charge in [0.05, 0.1) is 17.2 Å². The second kappa shape index (κ2) is 6.41. The highest BCUT2D eigenvalue weighted by Gasteiger charge is 2.10. The van der Waals surface area contributed by atoms with Gasteiger partial charge in [-0.15, -0.1) is 0 Å². The molecule has 0 bridgehead atoms. The number of hydrogen-bond acceptors (Lipinski definition) is 3. The predicted molar refractivity (Wildman–Crippen MR) is 75.3 cm³/mol. The predicted octanol–water partition coefficient (Wildman–Crippen LogP) is 3.55. The Kier molecular flexibility index (Phi) is 5.45. The summed E-state index contributed by atoms with van der Waals surface area (Å²) in [5, 5.41) is 0.584. The summed E-state index contributed by atoms with van der Waals surface area (Å²) >= 11 is 6.12. The Labute approximate surface area is 114 Å². The lowest BCUT2D eigenvalue weighted by Gasteiger charge is -2.19. The first-order valence-electron chi connectivity index (χ1n) is 6.11. The highest BCUT2D eigenvalue weighted by Crippen LogP contribution is 2.27. The Morgan fingerprint density at radius 3 is 2.44 bits per heavy atom. The molecule has 3 nitrogen and oxygen atoms in total. The monoisotopic (exact) mass is 271 g/mol. The summed E-state index contributed by atoms with van der Waals surface area (Å²) < 4.78 is 11.1. The lowest BCUT2D eigenvalue weighted by Crippen LogP contribution is -2.22. The van der Waals surface area contributed by atoms with Gasteiger partial charge in [-0.1, -0.05) is 17.7 Å². The molecular weight excluding hydrogens is 250 g/mol. The summed E-state index contributed by atoms with van der Waals surface area (Å²) in [6.45, 7) is 8.97. The topological polar surface area (TPSA) is 44.5 Å². The largest absolute Gasteiger partial charge is 0.490 e. The number of halogens is 1. The molecule has 1 aromatic rings. The summed E-state index contributed by atoms with van der Waals surface area (Å²) in [4.78, 5) is 0. The van der Waals surface area contributed by atoms with Gasteiger partial charge in [0.1, 0.15) is 12.4 Å². The fourth-order valence-corrected chi connectivity index (χ4v) is 1.66. The van der Waals surface area contributed by atoms with Gasteiger partial charge in [0.25, 0.3) is 0 Å². The molecular formula is C14H22ClNO2. The second-order valence-corrected chi connectivity index (χ2v) is 5.70. The van der Waals surface area contributed by atoms with Crippen LogP contribution in [0.1, 0.15) is 39.3 Å². The van der Waals surface area contributed by atoms with Crippen LogP contribution in [0.2, 0.25) is 5.02 Å². The van der Waals surface area contributed by atoms with Crippen LogP contribution >= 0.6 is 11.6 Å². The van der Waals surface area contributed by atoms with Crippen molar-refractivity contribution in [1.82, 2.24) is 0 Å². The van der Waals surface area contributed by atoms with Crippen LogP contribution < -0.4 is 10.5 Å². The third-order valence-corrected chi connectivity index (χ3v) is 2.65. The molecule has 0 unspecified atom stereocenters. The Morgan fingerprint density at radius 2 is 1.94 bits per heavy atom. The fourth-order valence-electron chi connectivity index (χ4n) is 1.42. The number of rotatable bonds is 5. The molecule has 18 heavy (non-hydrogen) atoms. The fraction of sp³-hybridized carbons (Fsp3) is 0.571. The Hall–Kier alpha value is -0.770. The summed E-state index contributed by atoms with van der Waals surface area (Å²) in [5.74, 6) is 0.665. The molecule has 4 heteroatoms. The van der Waals surface area contributed by atoms with Gasteiger partial charge in [-0.2, -0.15) is 0 Å². The van der Waals surface area contributed by atoms with Crippen molar-refractivity contribution in [2.24, 2.45) is 5.73 Å². The maximum atomic E-state index is 6.12. The van der Waals surface area contributed by atoms with Crippen molar-refractivity contribution in [2.75, 3.05) is 13.2 Å². The standard InChI is InChI=1S/C14H22ClNO2/c1-10(16)11-5-6-13(12(15)9-11)17-7-8-18-14(2,3)4/h5-6,9-10H,7-8,16H2,1-4H3/t10-/m0/s1. The van der Waals surface area contributed by atoms with Crippen LogP contribution in [-0.4, -0.2) is 18.8 Å². The van der Waals surface area contributed by atoms with Gasteiger partial charge in [-0.05, 0) is 45.4 Å². The summed E-state index contributed by atoms with van der Waals surface area (Å²) in [5.41, 5.74) is 6.63. The van der Waals surface area contributed by atoms with E-state index in [1.807, 2.05) is 45.9 Å². The van der Waals surface area contributed by atoms with Crippen LogP contribution in [0.3, 0.4) is 0 Å². The Bertz CT molecular complexity index is 386. The van der Waals surface area contributed by atoms with Gasteiger partial charge >= 0.3 is 0 Å². The van der Waals surface area contributed by atoms with E-state index in [0.29, 0.717) is 24.0 Å². The van der Waals surface area contributed by atoms with Crippen molar-refractivity contribution in [3.05, 3.63) is 28.8 Å². The van der Waals surface area contributed by atoms with Crippen molar-refractivity contribution in [1.29, 1.82) is 0 Å². The molecule has 102 valence electrons. The molecule has 0 aliphatic heterocycles. The molecule has 0 radical (unpaired) electrons. The smallest absolute Gasteiger partial charge is 0.138 e. The quantitative estimate of drug-likeness (QED) is 0.833. The zero-order chi connectivity index (χ0) is 13.8. The molecule has 0 amide bonds. The number of benzene rings is 1. The van der Waals surface area contributed by atoms with E-state index in [4.69, 9.17) is 26.8 Å². The van der Waals surface area contributed by atoms with Crippen LogP contribution in [0, 0.1) is 0 Å². The van der Waals surface area contributed by atoms with E-state index in [-0.39, 0.29) is 11.6 Å². The van der Waals surface area contributed by atoms with Crippen LogP contribution in [-0.2, 0) is 4.74 Å². The van der Waals surface area contributed by atoms with Gasteiger partial charge in [-0.25, -0.2) is 0 Å². The van der Waals surface area contributed by atoms with Crippen LogP contribution in [0.5, 0.6) is 5.75 Å². The van der Waals surface area contributed by atoms with Crippen molar-refractivity contribution >= 4 is 11.6 Å². The SMILES string of the molecule is C[C@H](N)c1ccc(OCCOC(C)(C)C)c(Cl)c1. The highest BCUT2D eigenvalue weighted by atomic mass is 35.5. The minimum Gasteiger partial charge on any atom is -0.490 e. The molecule has 2 N–H and O–H groups in total. The lowest BCUT2D eigenvalue weighted by molar-refractivity contribution is -0.0162. The average Bonchev–Trinajstić information content (AvgIpc) is 2.24. The van der Waals surface area contributed by atoms with E-state index >= 15 is 0 Å². The molecule has 0 saturated heterocycles. The van der Waals surface area contributed by atoms with E-state index in [1.54, 1.807) is 0 Å². The van der Waals surface area contributed by atoms with E-state index < -0.39 is 0 Å². The lowest BCUT2D eigenvalue weighted by atomic mass is 10.1. The van der Waals surface area contributed by atoms with Crippen LogP contribution in [0.15, 0.2) is 18.2 Å². The maximum absolute atomic E-state index is 6.12. The van der Waals surface area contributed by atoms with Crippen LogP contribution in [0.25, 0.3) is 0 Å². The third-order valence-electron chi connectivity index (χ3n) is 2.36. The van der Waals surface area contributed by atoms with Crippen molar-refractivity contribution in [3.63, 3.8) is 0 Å². The van der Waals surface area contributed by atoms with Gasteiger partial charge in [-0.3, -0.25) is 0 Å². The first kappa shape index (κ1) is 15.3. The van der Waals surface area contributed by atoms with Crippen molar-refractivity contribution in [3.8, 4) is 5.75 Å². The third kappa shape index (κ3) is 5.25. The Balaban J connectivity index is 2.48. The number of hydrogen-bond donors (Lipinski definition) is 1. The zero-order valence-electron chi connectivity index (χ0n) is 11.5. The molecule has 1 atom stereocenters. The maximum Gasteiger partial charge on any atom is 0.138 e. The highest BCUT2D eigenvalue weighted by molar-refractivity contribution is 6.32. The molecule has 0 fully saturated rings. The van der Waals surface area contributed by atoms with Crippen LogP contribution in [0.4, 0.5) is 0 Å². The summed E-state index contributed by atoms with van der Waals surface area (Å²) in [6.07, 6.45) is 0. The number of nitrogens with two attached hydrogens (primary N) is 1. The first-order valence-corrected chi connectivity index (χ1v) is 6.49. The minimum absolute atomic E-state index is 0.0271. The van der Waals surface area contributed by atoms with E-state index in [0.717, 1.165) is 5.56 Å². The van der Waals surface area contributed by atoms with Gasteiger partial charge in [0.15, 0.2) is 0 Å². The Morgan fingerprint density at radius 1 is 1.28 bits per heavy atom. The number of ether oxygens (including phenoxy) is 2. The molecule has 0 aliphatic rings. The molecule has 0 aliphatic carbocycles. The van der Waals surface area contributed by atoms with Gasteiger partial charge in [0.2, 0.25) is 0 Å². The van der Waals surface area contributed by atoms with E-state index in [9.17, 15) is 0 Å². The molecule has 1 rings (SSSR count). The molecule has 0 spiro atoms. The first-order chi connectivity index (χ1) is 8.29. The zero-order valence-corrected chi connectivity index (χ0v) is 12.3. The normalized spacial score (nSPS) is 13.4. The molecule has 0 saturated carbocycles. The van der Waals surface area contributed by atoms with E-state index in [1.165, 1.54) is 0 Å². The minimum atomic E-state index is -0.147. The van der Waals surface area contributed by atoms with Crippen molar-refractivity contribution < 1.29 is 9.47 Å². The molecule has 1 aromatic carbocycles. The molecule has 0 aromatic heterocycles. The van der Waals surface area contributed by atoms with Crippen molar-refractivity contribution in [2.45, 2.75) is 39.3 Å². The summed E-state index contributed by atoms with van der Waals surface area (Å²) in [7, 11) is 0. The second-order valence-electron chi connectivity index (χ2n) is 5.29.